The molecule has 1 aliphatic rings. The Morgan fingerprint density at radius 2 is 2.25 bits per heavy atom. The van der Waals surface area contributed by atoms with Gasteiger partial charge in [0.15, 0.2) is 0 Å². The fourth-order valence-electron chi connectivity index (χ4n) is 1.63. The van der Waals surface area contributed by atoms with Gasteiger partial charge in [-0.05, 0) is 20.3 Å². The van der Waals surface area contributed by atoms with Crippen molar-refractivity contribution in [3.63, 3.8) is 0 Å². The van der Waals surface area contributed by atoms with Crippen LogP contribution in [0.3, 0.4) is 0 Å². The van der Waals surface area contributed by atoms with Crippen LogP contribution in [0, 0.1) is 0 Å². The molecule has 0 aromatic carbocycles. The number of ether oxygens (including phenoxy) is 1. The fraction of sp³-hybridized carbons (Fsp3) is 1.00. The van der Waals surface area contributed by atoms with Crippen LogP contribution < -0.4 is 0 Å². The Balaban J connectivity index is 2.42. The summed E-state index contributed by atoms with van der Waals surface area (Å²) in [5.41, 5.74) is 0.0272. The summed E-state index contributed by atoms with van der Waals surface area (Å²) in [5.74, 6) is 0.941. The highest BCUT2D eigenvalue weighted by Gasteiger charge is 2.24. The van der Waals surface area contributed by atoms with Crippen molar-refractivity contribution in [2.45, 2.75) is 25.9 Å². The zero-order valence-corrected chi connectivity index (χ0v) is 8.94. The normalized spacial score (nSPS) is 25.2. The summed E-state index contributed by atoms with van der Waals surface area (Å²) in [6, 6.07) is 0. The Morgan fingerprint density at radius 1 is 1.50 bits per heavy atom. The Morgan fingerprint density at radius 3 is 2.92 bits per heavy atom. The molecule has 1 fully saturated rings. The minimum atomic E-state index is 0.0272. The summed E-state index contributed by atoms with van der Waals surface area (Å²) in [7, 11) is 0. The first-order valence-corrected chi connectivity index (χ1v) is 5.24. The predicted octanol–water partition coefficient (Wildman–Crippen LogP) is 1.42. The van der Waals surface area contributed by atoms with E-state index in [0.717, 1.165) is 38.4 Å². The fourth-order valence-corrected chi connectivity index (χ4v) is 1.91. The van der Waals surface area contributed by atoms with E-state index in [0.29, 0.717) is 0 Å². The zero-order valence-electron chi connectivity index (χ0n) is 8.05. The Hall–Kier alpha value is 0.270. The number of hydrogen-bond acceptors (Lipinski definition) is 3. The molecule has 2 nitrogen and oxygen atoms in total. The van der Waals surface area contributed by atoms with Crippen LogP contribution in [-0.2, 0) is 4.74 Å². The molecule has 0 atom stereocenters. The molecule has 0 spiro atoms. The lowest BCUT2D eigenvalue weighted by Crippen LogP contribution is -2.39. The van der Waals surface area contributed by atoms with E-state index >= 15 is 0 Å². The molecule has 0 amide bonds. The van der Waals surface area contributed by atoms with Gasteiger partial charge in [-0.25, -0.2) is 0 Å². The van der Waals surface area contributed by atoms with Gasteiger partial charge in [0.1, 0.15) is 0 Å². The van der Waals surface area contributed by atoms with Crippen molar-refractivity contribution in [2.24, 2.45) is 0 Å². The first-order chi connectivity index (χ1) is 5.64. The van der Waals surface area contributed by atoms with Gasteiger partial charge in [-0.3, -0.25) is 4.90 Å². The third-order valence-electron chi connectivity index (χ3n) is 2.13. The van der Waals surface area contributed by atoms with Crippen molar-refractivity contribution in [1.29, 1.82) is 0 Å². The lowest BCUT2D eigenvalue weighted by atomic mass is 10.1. The Kier molecular flexibility index (Phi) is 3.87. The average Bonchev–Trinajstić information content (AvgIpc) is 2.11. The minimum Gasteiger partial charge on any atom is -0.374 e. The van der Waals surface area contributed by atoms with Gasteiger partial charge in [0.2, 0.25) is 0 Å². The van der Waals surface area contributed by atoms with Crippen molar-refractivity contribution in [3.05, 3.63) is 0 Å². The van der Waals surface area contributed by atoms with Gasteiger partial charge < -0.3 is 4.74 Å². The van der Waals surface area contributed by atoms with Crippen molar-refractivity contribution in [2.75, 3.05) is 32.0 Å². The van der Waals surface area contributed by atoms with Crippen molar-refractivity contribution in [1.82, 2.24) is 4.90 Å². The highest BCUT2D eigenvalue weighted by Crippen LogP contribution is 2.15. The van der Waals surface area contributed by atoms with E-state index in [4.69, 9.17) is 4.74 Å². The van der Waals surface area contributed by atoms with E-state index in [1.165, 1.54) is 0 Å². The highest BCUT2D eigenvalue weighted by atomic mass is 32.1. The molecule has 12 heavy (non-hydrogen) atoms. The summed E-state index contributed by atoms with van der Waals surface area (Å²) >= 11 is 4.24. The SMILES string of the molecule is CC1(C)CN(CCS)CCCO1. The lowest BCUT2D eigenvalue weighted by molar-refractivity contribution is -0.0165. The molecule has 1 saturated heterocycles. The molecule has 0 N–H and O–H groups in total. The standard InChI is InChI=1S/C9H19NOS/c1-9(2)8-10(5-7-12)4-3-6-11-9/h12H,3-8H2,1-2H3. The molecule has 0 radical (unpaired) electrons. The molecule has 72 valence electrons. The van der Waals surface area contributed by atoms with Crippen molar-refractivity contribution in [3.8, 4) is 0 Å². The molecular weight excluding hydrogens is 170 g/mol. The van der Waals surface area contributed by atoms with Crippen LogP contribution >= 0.6 is 12.6 Å². The van der Waals surface area contributed by atoms with Gasteiger partial charge >= 0.3 is 0 Å². The van der Waals surface area contributed by atoms with Crippen LogP contribution in [0.5, 0.6) is 0 Å². The van der Waals surface area contributed by atoms with Gasteiger partial charge in [0.05, 0.1) is 5.60 Å². The maximum atomic E-state index is 5.70. The predicted molar refractivity (Wildman–Crippen MR) is 54.9 cm³/mol. The summed E-state index contributed by atoms with van der Waals surface area (Å²) < 4.78 is 5.70. The van der Waals surface area contributed by atoms with Crippen LogP contribution in [0.15, 0.2) is 0 Å². The van der Waals surface area contributed by atoms with E-state index < -0.39 is 0 Å². The Bertz CT molecular complexity index is 138. The third-order valence-corrected chi connectivity index (χ3v) is 2.33. The van der Waals surface area contributed by atoms with E-state index in [-0.39, 0.29) is 5.60 Å². The van der Waals surface area contributed by atoms with Crippen molar-refractivity contribution < 1.29 is 4.74 Å². The molecule has 0 aliphatic carbocycles. The molecule has 0 aromatic rings. The maximum Gasteiger partial charge on any atom is 0.0752 e. The molecule has 0 aromatic heterocycles. The quantitative estimate of drug-likeness (QED) is 0.660. The van der Waals surface area contributed by atoms with Crippen LogP contribution in [0.4, 0.5) is 0 Å². The van der Waals surface area contributed by atoms with E-state index in [9.17, 15) is 0 Å². The van der Waals surface area contributed by atoms with Crippen molar-refractivity contribution >= 4 is 12.6 Å². The first-order valence-electron chi connectivity index (χ1n) is 4.61. The molecular formula is C9H19NOS. The second-order valence-electron chi connectivity index (χ2n) is 3.96. The van der Waals surface area contributed by atoms with Gasteiger partial charge in [-0.1, -0.05) is 0 Å². The van der Waals surface area contributed by atoms with Crippen LogP contribution in [0.2, 0.25) is 0 Å². The van der Waals surface area contributed by atoms with Gasteiger partial charge in [-0.15, -0.1) is 0 Å². The first kappa shape index (κ1) is 10.4. The maximum absolute atomic E-state index is 5.70. The van der Waals surface area contributed by atoms with Gasteiger partial charge in [0, 0.05) is 32.0 Å². The average molecular weight is 189 g/mol. The molecule has 1 aliphatic heterocycles. The van der Waals surface area contributed by atoms with Gasteiger partial charge in [-0.2, -0.15) is 12.6 Å². The van der Waals surface area contributed by atoms with E-state index in [1.54, 1.807) is 0 Å². The second kappa shape index (κ2) is 4.49. The van der Waals surface area contributed by atoms with Crippen LogP contribution in [-0.4, -0.2) is 42.5 Å². The van der Waals surface area contributed by atoms with Gasteiger partial charge in [0.25, 0.3) is 0 Å². The molecule has 0 saturated carbocycles. The molecule has 1 heterocycles. The second-order valence-corrected chi connectivity index (χ2v) is 4.41. The summed E-state index contributed by atoms with van der Waals surface area (Å²) in [6.07, 6.45) is 1.15. The highest BCUT2D eigenvalue weighted by molar-refractivity contribution is 7.80. The smallest absolute Gasteiger partial charge is 0.0752 e. The molecule has 1 rings (SSSR count). The van der Waals surface area contributed by atoms with E-state index in [2.05, 4.69) is 31.4 Å². The molecule has 0 unspecified atom stereocenters. The summed E-state index contributed by atoms with van der Waals surface area (Å²) in [5, 5.41) is 0. The zero-order chi connectivity index (χ0) is 9.03. The molecule has 0 bridgehead atoms. The number of hydrogen-bond donors (Lipinski definition) is 1. The number of thiol groups is 1. The number of nitrogens with zero attached hydrogens (tertiary/aromatic N) is 1. The third kappa shape index (κ3) is 3.33. The monoisotopic (exact) mass is 189 g/mol. The largest absolute Gasteiger partial charge is 0.374 e. The number of rotatable bonds is 2. The Labute approximate surface area is 80.7 Å². The van der Waals surface area contributed by atoms with E-state index in [1.807, 2.05) is 0 Å². The summed E-state index contributed by atoms with van der Waals surface area (Å²) in [6.45, 7) is 8.48. The topological polar surface area (TPSA) is 12.5 Å². The lowest BCUT2D eigenvalue weighted by Gasteiger charge is -2.28. The molecule has 3 heteroatoms. The summed E-state index contributed by atoms with van der Waals surface area (Å²) in [4.78, 5) is 2.43. The van der Waals surface area contributed by atoms with Crippen LogP contribution in [0.25, 0.3) is 0 Å². The minimum absolute atomic E-state index is 0.0272. The van der Waals surface area contributed by atoms with Crippen LogP contribution in [0.1, 0.15) is 20.3 Å².